The highest BCUT2D eigenvalue weighted by Gasteiger charge is 2.30. The van der Waals surface area contributed by atoms with Crippen LogP contribution in [0.2, 0.25) is 0 Å². The van der Waals surface area contributed by atoms with E-state index in [9.17, 15) is 14.0 Å². The van der Waals surface area contributed by atoms with Crippen molar-refractivity contribution in [2.75, 3.05) is 17.7 Å². The van der Waals surface area contributed by atoms with Crippen molar-refractivity contribution in [3.63, 3.8) is 0 Å². The van der Waals surface area contributed by atoms with Gasteiger partial charge in [0.2, 0.25) is 11.9 Å². The zero-order chi connectivity index (χ0) is 25.5. The Labute approximate surface area is 210 Å². The van der Waals surface area contributed by atoms with E-state index in [1.54, 1.807) is 41.3 Å². The highest BCUT2D eigenvalue weighted by molar-refractivity contribution is 6.14. The predicted molar refractivity (Wildman–Crippen MR) is 134 cm³/mol. The standard InChI is InChI=1S/C25H22FN9O2/c1-34-20(22(36)32-25(34)37)9-16-13-29-35-21(16)31-23(33-24(35)30-18-6-7-18)28-12-15-4-5-17(26)10-19(15)14-3-2-8-27-11-14/h2-5,8-11,13,18H,6-7,12H2,1H3,(H,32,36,37)(H2,28,30,31,33)/b20-9-. The quantitative estimate of drug-likeness (QED) is 0.261. The molecule has 1 saturated carbocycles. The Balaban J connectivity index is 1.36. The molecule has 0 radical (unpaired) electrons. The monoisotopic (exact) mass is 499 g/mol. The van der Waals surface area contributed by atoms with Crippen LogP contribution in [-0.2, 0) is 11.3 Å². The maximum absolute atomic E-state index is 14.1. The SMILES string of the molecule is CN1C(=O)NC(=O)/C1=C/c1cnn2c(NC3CC3)nc(NCc3ccc(F)cc3-c3cccnc3)nc12. The summed E-state index contributed by atoms with van der Waals surface area (Å²) in [4.78, 5) is 38.7. The van der Waals surface area contributed by atoms with Gasteiger partial charge in [-0.25, -0.2) is 9.18 Å². The second-order valence-electron chi connectivity index (χ2n) is 8.87. The van der Waals surface area contributed by atoms with E-state index >= 15 is 0 Å². The summed E-state index contributed by atoms with van der Waals surface area (Å²) in [5, 5.41) is 13.3. The number of aromatic nitrogens is 5. The minimum atomic E-state index is -0.496. The summed E-state index contributed by atoms with van der Waals surface area (Å²) in [6.45, 7) is 0.327. The smallest absolute Gasteiger partial charge is 0.328 e. The number of nitrogens with one attached hydrogen (secondary N) is 3. The van der Waals surface area contributed by atoms with E-state index in [1.165, 1.54) is 24.1 Å². The van der Waals surface area contributed by atoms with Crippen molar-refractivity contribution in [1.29, 1.82) is 0 Å². The second kappa shape index (κ2) is 8.97. The number of carbonyl (C=O) groups is 2. The first kappa shape index (κ1) is 22.6. The molecule has 0 spiro atoms. The maximum atomic E-state index is 14.1. The van der Waals surface area contributed by atoms with Gasteiger partial charge in [0.25, 0.3) is 5.91 Å². The number of anilines is 2. The van der Waals surface area contributed by atoms with Crippen molar-refractivity contribution < 1.29 is 14.0 Å². The van der Waals surface area contributed by atoms with Crippen molar-refractivity contribution in [2.45, 2.75) is 25.4 Å². The number of carbonyl (C=O) groups excluding carboxylic acids is 2. The van der Waals surface area contributed by atoms with Crippen LogP contribution >= 0.6 is 0 Å². The molecule has 0 bridgehead atoms. The number of halogens is 1. The molecule has 1 aliphatic heterocycles. The molecular formula is C25H22FN9O2. The lowest BCUT2D eigenvalue weighted by Crippen LogP contribution is -2.24. The highest BCUT2D eigenvalue weighted by Crippen LogP contribution is 2.28. The van der Waals surface area contributed by atoms with Gasteiger partial charge in [0.1, 0.15) is 11.5 Å². The number of fused-ring (bicyclic) bond motifs is 1. The molecular weight excluding hydrogens is 477 g/mol. The molecule has 0 atom stereocenters. The summed E-state index contributed by atoms with van der Waals surface area (Å²) >= 11 is 0. The van der Waals surface area contributed by atoms with E-state index < -0.39 is 11.9 Å². The maximum Gasteiger partial charge on any atom is 0.328 e. The molecule has 2 aliphatic rings. The van der Waals surface area contributed by atoms with Crippen LogP contribution in [0.5, 0.6) is 0 Å². The summed E-state index contributed by atoms with van der Waals surface area (Å²) in [6, 6.07) is 8.08. The number of imide groups is 1. The number of amides is 3. The van der Waals surface area contributed by atoms with Gasteiger partial charge in [0.15, 0.2) is 5.65 Å². The minimum Gasteiger partial charge on any atom is -0.351 e. The molecule has 186 valence electrons. The zero-order valence-corrected chi connectivity index (χ0v) is 19.8. The molecule has 4 aromatic rings. The molecule has 12 heteroatoms. The Morgan fingerprint density at radius 2 is 2.05 bits per heavy atom. The van der Waals surface area contributed by atoms with Crippen LogP contribution in [-0.4, -0.2) is 54.5 Å². The molecule has 1 aromatic carbocycles. The number of benzene rings is 1. The fourth-order valence-electron chi connectivity index (χ4n) is 4.06. The number of likely N-dealkylation sites (N-methyl/N-ethyl adjacent to an activating group) is 1. The van der Waals surface area contributed by atoms with E-state index in [0.717, 1.165) is 24.0 Å². The molecule has 3 aromatic heterocycles. The Kier molecular flexibility index (Phi) is 5.48. The minimum absolute atomic E-state index is 0.192. The van der Waals surface area contributed by atoms with Crippen LogP contribution in [0.15, 0.2) is 54.6 Å². The van der Waals surface area contributed by atoms with E-state index in [1.807, 2.05) is 6.07 Å². The lowest BCUT2D eigenvalue weighted by molar-refractivity contribution is -0.115. The van der Waals surface area contributed by atoms with Gasteiger partial charge in [0, 0.05) is 43.2 Å². The normalized spacial score (nSPS) is 16.5. The third-order valence-electron chi connectivity index (χ3n) is 6.20. The first-order chi connectivity index (χ1) is 18.0. The Bertz CT molecular complexity index is 1560. The summed E-state index contributed by atoms with van der Waals surface area (Å²) in [5.41, 5.74) is 3.55. The molecule has 1 saturated heterocycles. The molecule has 6 rings (SSSR count). The second-order valence-corrected chi connectivity index (χ2v) is 8.87. The predicted octanol–water partition coefficient (Wildman–Crippen LogP) is 3.03. The summed E-state index contributed by atoms with van der Waals surface area (Å²) in [5.74, 6) is 0.00599. The molecule has 3 N–H and O–H groups in total. The van der Waals surface area contributed by atoms with Gasteiger partial charge in [0.05, 0.1) is 6.20 Å². The van der Waals surface area contributed by atoms with Crippen LogP contribution in [0.25, 0.3) is 22.9 Å². The number of nitrogens with zero attached hydrogens (tertiary/aromatic N) is 6. The van der Waals surface area contributed by atoms with E-state index in [-0.39, 0.29) is 11.5 Å². The molecule has 2 fully saturated rings. The van der Waals surface area contributed by atoms with Crippen molar-refractivity contribution in [1.82, 2.24) is 34.8 Å². The Morgan fingerprint density at radius 3 is 2.78 bits per heavy atom. The number of hydrogen-bond acceptors (Lipinski definition) is 8. The van der Waals surface area contributed by atoms with Crippen molar-refractivity contribution >= 4 is 35.6 Å². The van der Waals surface area contributed by atoms with E-state index in [4.69, 9.17) is 0 Å². The van der Waals surface area contributed by atoms with Gasteiger partial charge in [-0.05, 0) is 48.2 Å². The Hall–Kier alpha value is -4.87. The molecule has 1 aliphatic carbocycles. The lowest BCUT2D eigenvalue weighted by Gasteiger charge is -2.13. The van der Waals surface area contributed by atoms with Crippen molar-refractivity contribution in [2.24, 2.45) is 0 Å². The summed E-state index contributed by atoms with van der Waals surface area (Å²) < 4.78 is 15.6. The molecule has 0 unspecified atom stereocenters. The van der Waals surface area contributed by atoms with Crippen LogP contribution in [0.3, 0.4) is 0 Å². The molecule has 3 amide bonds. The van der Waals surface area contributed by atoms with Crippen LogP contribution < -0.4 is 16.0 Å². The van der Waals surface area contributed by atoms with Gasteiger partial charge in [-0.1, -0.05) is 12.1 Å². The first-order valence-electron chi connectivity index (χ1n) is 11.7. The number of urea groups is 1. The molecule has 4 heterocycles. The van der Waals surface area contributed by atoms with E-state index in [0.29, 0.717) is 41.3 Å². The van der Waals surface area contributed by atoms with Crippen LogP contribution in [0.1, 0.15) is 24.0 Å². The van der Waals surface area contributed by atoms with E-state index in [2.05, 4.69) is 36.0 Å². The van der Waals surface area contributed by atoms with Crippen LogP contribution in [0.4, 0.5) is 21.1 Å². The fourth-order valence-corrected chi connectivity index (χ4v) is 4.06. The van der Waals surface area contributed by atoms with Crippen LogP contribution in [0, 0.1) is 5.82 Å². The van der Waals surface area contributed by atoms with Crippen molar-refractivity contribution in [3.05, 3.63) is 71.6 Å². The number of hydrogen-bond donors (Lipinski definition) is 3. The van der Waals surface area contributed by atoms with Gasteiger partial charge in [-0.2, -0.15) is 19.6 Å². The topological polar surface area (TPSA) is 129 Å². The van der Waals surface area contributed by atoms with Gasteiger partial charge < -0.3 is 10.6 Å². The van der Waals surface area contributed by atoms with Crippen molar-refractivity contribution in [3.8, 4) is 11.1 Å². The largest absolute Gasteiger partial charge is 0.351 e. The average molecular weight is 500 g/mol. The zero-order valence-electron chi connectivity index (χ0n) is 19.8. The third-order valence-corrected chi connectivity index (χ3v) is 6.20. The average Bonchev–Trinajstić information content (AvgIpc) is 3.57. The number of rotatable bonds is 7. The third kappa shape index (κ3) is 4.44. The molecule has 37 heavy (non-hydrogen) atoms. The van der Waals surface area contributed by atoms with Gasteiger partial charge >= 0.3 is 6.03 Å². The molecule has 11 nitrogen and oxygen atoms in total. The lowest BCUT2D eigenvalue weighted by atomic mass is 10.0. The summed E-state index contributed by atoms with van der Waals surface area (Å²) in [6.07, 6.45) is 8.56. The summed E-state index contributed by atoms with van der Waals surface area (Å²) in [7, 11) is 1.52. The highest BCUT2D eigenvalue weighted by atomic mass is 19.1. The Morgan fingerprint density at radius 1 is 1.19 bits per heavy atom. The first-order valence-corrected chi connectivity index (χ1v) is 11.7. The fraction of sp³-hybridized carbons (Fsp3) is 0.200. The van der Waals surface area contributed by atoms with Gasteiger partial charge in [-0.3, -0.25) is 20.0 Å². The number of pyridine rings is 1. The van der Waals surface area contributed by atoms with Gasteiger partial charge in [-0.15, -0.1) is 0 Å².